The van der Waals surface area contributed by atoms with Crippen molar-refractivity contribution < 1.29 is 17.9 Å². The number of benzene rings is 3. The van der Waals surface area contributed by atoms with Crippen molar-refractivity contribution in [1.82, 2.24) is 15.1 Å². The number of nitrogens with zero attached hydrogens (tertiary/aromatic N) is 3. The molecule has 1 aliphatic heterocycles. The van der Waals surface area contributed by atoms with Gasteiger partial charge in [0.05, 0.1) is 17.2 Å². The van der Waals surface area contributed by atoms with Crippen LogP contribution < -0.4 is 10.1 Å². The lowest BCUT2D eigenvalue weighted by Gasteiger charge is -2.10. The molecule has 0 spiro atoms. The Morgan fingerprint density at radius 3 is 2.60 bits per heavy atom. The van der Waals surface area contributed by atoms with Gasteiger partial charge in [0.2, 0.25) is 0 Å². The number of nitriles is 1. The Labute approximate surface area is 237 Å². The van der Waals surface area contributed by atoms with Gasteiger partial charge in [0.1, 0.15) is 29.7 Å². The third-order valence-corrected chi connectivity index (χ3v) is 8.44. The molecule has 5 rings (SSSR count). The van der Waals surface area contributed by atoms with Gasteiger partial charge in [-0.25, -0.2) is 13.1 Å². The molecule has 3 aromatic carbocycles. The van der Waals surface area contributed by atoms with Crippen molar-refractivity contribution in [2.45, 2.75) is 19.1 Å². The molecule has 1 N–H and O–H groups in total. The molecule has 2 heterocycles. The maximum Gasteiger partial charge on any atom is 0.262 e. The lowest BCUT2D eigenvalue weighted by atomic mass is 10.1. The SMILES string of the molecule is N#C/C(=C/c1cn(-c2ccccc2)nc1-c1cccc(OCc2ccc(Cl)cc2)c1)C(=O)NC1CCS(=O)(=O)C1. The summed E-state index contributed by atoms with van der Waals surface area (Å²) in [5, 5.41) is 17.9. The van der Waals surface area contributed by atoms with E-state index in [1.165, 1.54) is 6.08 Å². The monoisotopic (exact) mass is 572 g/mol. The largest absolute Gasteiger partial charge is 0.489 e. The Bertz CT molecular complexity index is 1710. The first-order valence-corrected chi connectivity index (χ1v) is 14.8. The van der Waals surface area contributed by atoms with Crippen LogP contribution in [0.25, 0.3) is 23.0 Å². The average molecular weight is 573 g/mol. The predicted molar refractivity (Wildman–Crippen MR) is 154 cm³/mol. The van der Waals surface area contributed by atoms with E-state index in [0.717, 1.165) is 16.8 Å². The Morgan fingerprint density at radius 2 is 1.90 bits per heavy atom. The Kier molecular flexibility index (Phi) is 8.01. The molecule has 4 aromatic rings. The second-order valence-corrected chi connectivity index (χ2v) is 12.1. The average Bonchev–Trinajstić information content (AvgIpc) is 3.54. The number of halogens is 1. The number of carbonyl (C=O) groups is 1. The van der Waals surface area contributed by atoms with Gasteiger partial charge in [-0.2, -0.15) is 10.4 Å². The van der Waals surface area contributed by atoms with Gasteiger partial charge in [0.25, 0.3) is 5.91 Å². The molecule has 10 heteroatoms. The molecule has 0 saturated carbocycles. The molecule has 1 saturated heterocycles. The van der Waals surface area contributed by atoms with Gasteiger partial charge < -0.3 is 10.1 Å². The van der Waals surface area contributed by atoms with Gasteiger partial charge >= 0.3 is 0 Å². The molecular formula is C30H25ClN4O4S. The normalized spacial score (nSPS) is 16.3. The van der Waals surface area contributed by atoms with Crippen molar-refractivity contribution in [3.05, 3.63) is 107 Å². The van der Waals surface area contributed by atoms with E-state index in [0.29, 0.717) is 35.1 Å². The first kappa shape index (κ1) is 27.2. The third-order valence-electron chi connectivity index (χ3n) is 6.42. The van der Waals surface area contributed by atoms with Gasteiger partial charge in [0, 0.05) is 28.4 Å². The van der Waals surface area contributed by atoms with Gasteiger partial charge in [-0.1, -0.05) is 54.1 Å². The van der Waals surface area contributed by atoms with Crippen molar-refractivity contribution in [3.8, 4) is 28.8 Å². The number of hydrogen-bond acceptors (Lipinski definition) is 6. The molecule has 202 valence electrons. The molecule has 1 fully saturated rings. The van der Waals surface area contributed by atoms with E-state index in [4.69, 9.17) is 21.4 Å². The smallest absolute Gasteiger partial charge is 0.262 e. The summed E-state index contributed by atoms with van der Waals surface area (Å²) >= 11 is 5.97. The van der Waals surface area contributed by atoms with Crippen LogP contribution in [0.3, 0.4) is 0 Å². The van der Waals surface area contributed by atoms with Crippen LogP contribution in [0.15, 0.2) is 90.6 Å². The molecule has 1 unspecified atom stereocenters. The zero-order valence-corrected chi connectivity index (χ0v) is 22.9. The number of amides is 1. The van der Waals surface area contributed by atoms with Crippen LogP contribution in [0.2, 0.25) is 5.02 Å². The van der Waals surface area contributed by atoms with E-state index < -0.39 is 21.8 Å². The number of ether oxygens (including phenoxy) is 1. The minimum atomic E-state index is -3.18. The standard InChI is InChI=1S/C30H25ClN4O4S/c31-25-11-9-21(10-12-25)19-39-28-8-4-5-22(16-28)29-24(18-35(34-29)27-6-2-1-3-7-27)15-23(17-32)30(36)33-26-13-14-40(37,38)20-26/h1-12,15-16,18,26H,13-14,19-20H2,(H,33,36)/b23-15-. The van der Waals surface area contributed by atoms with Crippen LogP contribution in [-0.2, 0) is 21.2 Å². The fourth-order valence-corrected chi connectivity index (χ4v) is 6.19. The van der Waals surface area contributed by atoms with E-state index in [1.54, 1.807) is 23.0 Å². The molecule has 1 aromatic heterocycles. The van der Waals surface area contributed by atoms with Crippen molar-refractivity contribution in [2.75, 3.05) is 11.5 Å². The zero-order valence-electron chi connectivity index (χ0n) is 21.3. The van der Waals surface area contributed by atoms with Crippen LogP contribution in [0.1, 0.15) is 17.5 Å². The molecule has 0 bridgehead atoms. The van der Waals surface area contributed by atoms with Crippen LogP contribution in [-0.4, -0.2) is 41.7 Å². The third kappa shape index (κ3) is 6.60. The second kappa shape index (κ2) is 11.8. The van der Waals surface area contributed by atoms with Gasteiger partial charge in [-0.15, -0.1) is 0 Å². The molecule has 40 heavy (non-hydrogen) atoms. The summed E-state index contributed by atoms with van der Waals surface area (Å²) in [6, 6.07) is 25.7. The number of carbonyl (C=O) groups excluding carboxylic acids is 1. The number of para-hydroxylation sites is 1. The maximum atomic E-state index is 12.9. The summed E-state index contributed by atoms with van der Waals surface area (Å²) in [6.07, 6.45) is 3.55. The summed E-state index contributed by atoms with van der Waals surface area (Å²) in [7, 11) is -3.18. The Hall–Kier alpha value is -4.39. The highest BCUT2D eigenvalue weighted by molar-refractivity contribution is 7.91. The molecule has 1 amide bonds. The van der Waals surface area contributed by atoms with E-state index in [2.05, 4.69) is 5.32 Å². The van der Waals surface area contributed by atoms with Crippen molar-refractivity contribution in [2.24, 2.45) is 0 Å². The highest BCUT2D eigenvalue weighted by Gasteiger charge is 2.29. The minimum absolute atomic E-state index is 0.0218. The summed E-state index contributed by atoms with van der Waals surface area (Å²) in [5.74, 6) is -0.105. The van der Waals surface area contributed by atoms with Crippen molar-refractivity contribution in [1.29, 1.82) is 5.26 Å². The van der Waals surface area contributed by atoms with Gasteiger partial charge in [-0.3, -0.25) is 4.79 Å². The molecule has 1 atom stereocenters. The number of aromatic nitrogens is 2. The molecule has 0 radical (unpaired) electrons. The number of rotatable bonds is 8. The summed E-state index contributed by atoms with van der Waals surface area (Å²) in [6.45, 7) is 0.349. The van der Waals surface area contributed by atoms with Gasteiger partial charge in [-0.05, 0) is 54.5 Å². The molecular weight excluding hydrogens is 548 g/mol. The van der Waals surface area contributed by atoms with E-state index in [1.807, 2.05) is 72.8 Å². The Balaban J connectivity index is 1.46. The first-order valence-electron chi connectivity index (χ1n) is 12.6. The Morgan fingerprint density at radius 1 is 1.12 bits per heavy atom. The molecule has 1 aliphatic rings. The van der Waals surface area contributed by atoms with Crippen LogP contribution in [0.4, 0.5) is 0 Å². The van der Waals surface area contributed by atoms with Crippen LogP contribution >= 0.6 is 11.6 Å². The zero-order chi connectivity index (χ0) is 28.1. The van der Waals surface area contributed by atoms with E-state index >= 15 is 0 Å². The van der Waals surface area contributed by atoms with E-state index in [-0.39, 0.29) is 17.1 Å². The van der Waals surface area contributed by atoms with E-state index in [9.17, 15) is 18.5 Å². The lowest BCUT2D eigenvalue weighted by molar-refractivity contribution is -0.117. The minimum Gasteiger partial charge on any atom is -0.489 e. The van der Waals surface area contributed by atoms with Crippen molar-refractivity contribution in [3.63, 3.8) is 0 Å². The first-order chi connectivity index (χ1) is 19.3. The quantitative estimate of drug-likeness (QED) is 0.235. The van der Waals surface area contributed by atoms with Crippen LogP contribution in [0, 0.1) is 11.3 Å². The van der Waals surface area contributed by atoms with Gasteiger partial charge in [0.15, 0.2) is 9.84 Å². The number of sulfone groups is 1. The predicted octanol–water partition coefficient (Wildman–Crippen LogP) is 4.98. The fraction of sp³-hybridized carbons (Fsp3) is 0.167. The number of nitrogens with one attached hydrogen (secondary N) is 1. The maximum absolute atomic E-state index is 12.9. The topological polar surface area (TPSA) is 114 Å². The van der Waals surface area contributed by atoms with Crippen LogP contribution in [0.5, 0.6) is 5.75 Å². The highest BCUT2D eigenvalue weighted by atomic mass is 35.5. The highest BCUT2D eigenvalue weighted by Crippen LogP contribution is 2.29. The summed E-state index contributed by atoms with van der Waals surface area (Å²) in [5.41, 5.74) is 3.45. The fourth-order valence-electron chi connectivity index (χ4n) is 4.39. The molecule has 8 nitrogen and oxygen atoms in total. The lowest BCUT2D eigenvalue weighted by Crippen LogP contribution is -2.36. The summed E-state index contributed by atoms with van der Waals surface area (Å²) < 4.78 is 31.3. The summed E-state index contributed by atoms with van der Waals surface area (Å²) in [4.78, 5) is 12.9. The molecule has 0 aliphatic carbocycles. The van der Waals surface area contributed by atoms with Crippen molar-refractivity contribution >= 4 is 33.4 Å². The second-order valence-electron chi connectivity index (χ2n) is 9.40. The number of hydrogen-bond donors (Lipinski definition) is 1.